The number of fused-ring (bicyclic) bond motifs is 1. The van der Waals surface area contributed by atoms with Crippen LogP contribution in [0.3, 0.4) is 0 Å². The molecule has 30 heavy (non-hydrogen) atoms. The number of halogens is 1. The van der Waals surface area contributed by atoms with E-state index < -0.39 is 0 Å². The summed E-state index contributed by atoms with van der Waals surface area (Å²) >= 11 is 0. The van der Waals surface area contributed by atoms with Crippen molar-refractivity contribution in [2.24, 2.45) is 4.99 Å². The van der Waals surface area contributed by atoms with Crippen LogP contribution in [0.4, 0.5) is 5.82 Å². The van der Waals surface area contributed by atoms with Crippen LogP contribution < -0.4 is 25.0 Å². The summed E-state index contributed by atoms with van der Waals surface area (Å²) in [5.74, 6) is 3.34. The first kappa shape index (κ1) is 22.4. The lowest BCUT2D eigenvalue weighted by Crippen LogP contribution is -2.39. The Balaban J connectivity index is 0.00000256. The van der Waals surface area contributed by atoms with Gasteiger partial charge in [-0.3, -0.25) is 0 Å². The fourth-order valence-electron chi connectivity index (χ4n) is 3.36. The van der Waals surface area contributed by atoms with Gasteiger partial charge in [-0.2, -0.15) is 0 Å². The van der Waals surface area contributed by atoms with E-state index in [0.717, 1.165) is 67.3 Å². The SMILES string of the molecule is CCNC(=NCc1ccc2c(c1)OCO2)NCc1cccnc1N1CCOCC1.I. The molecule has 1 fully saturated rings. The molecule has 1 aromatic carbocycles. The number of guanidine groups is 1. The van der Waals surface area contributed by atoms with Crippen molar-refractivity contribution >= 4 is 35.8 Å². The fraction of sp³-hybridized carbons (Fsp3) is 0.429. The molecule has 3 heterocycles. The summed E-state index contributed by atoms with van der Waals surface area (Å²) in [6.45, 7) is 7.53. The number of anilines is 1. The second-order valence-electron chi connectivity index (χ2n) is 6.82. The number of hydrogen-bond donors (Lipinski definition) is 2. The third-order valence-corrected chi connectivity index (χ3v) is 4.83. The molecule has 0 aliphatic carbocycles. The van der Waals surface area contributed by atoms with E-state index in [9.17, 15) is 0 Å². The van der Waals surface area contributed by atoms with Gasteiger partial charge in [-0.1, -0.05) is 12.1 Å². The molecule has 0 atom stereocenters. The predicted octanol–water partition coefficient (Wildman–Crippen LogP) is 2.52. The Bertz CT molecular complexity index is 858. The van der Waals surface area contributed by atoms with Crippen molar-refractivity contribution in [3.63, 3.8) is 0 Å². The molecule has 9 heteroatoms. The van der Waals surface area contributed by atoms with Crippen LogP contribution in [-0.2, 0) is 17.8 Å². The van der Waals surface area contributed by atoms with Crippen molar-refractivity contribution in [3.8, 4) is 11.5 Å². The highest BCUT2D eigenvalue weighted by molar-refractivity contribution is 14.0. The molecule has 0 spiro atoms. The molecule has 4 rings (SSSR count). The Hall–Kier alpha value is -2.27. The van der Waals surface area contributed by atoms with Gasteiger partial charge in [-0.25, -0.2) is 9.98 Å². The van der Waals surface area contributed by atoms with E-state index in [1.165, 1.54) is 0 Å². The second-order valence-corrected chi connectivity index (χ2v) is 6.82. The Morgan fingerprint density at radius 2 is 1.97 bits per heavy atom. The summed E-state index contributed by atoms with van der Waals surface area (Å²) in [6.07, 6.45) is 1.84. The van der Waals surface area contributed by atoms with Crippen LogP contribution in [0.25, 0.3) is 0 Å². The Kier molecular flexibility index (Phi) is 8.38. The summed E-state index contributed by atoms with van der Waals surface area (Å²) in [7, 11) is 0. The van der Waals surface area contributed by atoms with E-state index in [0.29, 0.717) is 13.1 Å². The highest BCUT2D eigenvalue weighted by Crippen LogP contribution is 2.32. The van der Waals surface area contributed by atoms with Gasteiger partial charge >= 0.3 is 0 Å². The maximum Gasteiger partial charge on any atom is 0.231 e. The second kappa shape index (κ2) is 11.2. The first-order chi connectivity index (χ1) is 14.3. The zero-order valence-corrected chi connectivity index (χ0v) is 19.4. The number of benzene rings is 1. The van der Waals surface area contributed by atoms with Crippen molar-refractivity contribution in [3.05, 3.63) is 47.7 Å². The van der Waals surface area contributed by atoms with Crippen molar-refractivity contribution < 1.29 is 14.2 Å². The van der Waals surface area contributed by atoms with Crippen LogP contribution in [0.1, 0.15) is 18.1 Å². The predicted molar refractivity (Wildman–Crippen MR) is 127 cm³/mol. The van der Waals surface area contributed by atoms with Crippen molar-refractivity contribution in [1.82, 2.24) is 15.6 Å². The third kappa shape index (κ3) is 5.66. The molecule has 1 aromatic heterocycles. The van der Waals surface area contributed by atoms with E-state index >= 15 is 0 Å². The standard InChI is InChI=1S/C21H27N5O3.HI/c1-2-22-21(24-13-16-5-6-18-19(12-16)29-15-28-18)25-14-17-4-3-7-23-20(17)26-8-10-27-11-9-26;/h3-7,12H,2,8-11,13-15H2,1H3,(H2,22,24,25);1H. The van der Waals surface area contributed by atoms with Crippen LogP contribution in [0, 0.1) is 0 Å². The first-order valence-electron chi connectivity index (χ1n) is 10.0. The maximum absolute atomic E-state index is 5.46. The molecule has 2 aromatic rings. The van der Waals surface area contributed by atoms with Gasteiger partial charge in [0.2, 0.25) is 6.79 Å². The molecule has 0 radical (unpaired) electrons. The van der Waals surface area contributed by atoms with Crippen LogP contribution in [0.15, 0.2) is 41.5 Å². The monoisotopic (exact) mass is 525 g/mol. The largest absolute Gasteiger partial charge is 0.454 e. The lowest BCUT2D eigenvalue weighted by molar-refractivity contribution is 0.122. The summed E-state index contributed by atoms with van der Waals surface area (Å²) < 4.78 is 16.3. The normalized spacial score (nSPS) is 15.5. The van der Waals surface area contributed by atoms with E-state index in [1.54, 1.807) is 0 Å². The van der Waals surface area contributed by atoms with Gasteiger partial charge in [-0.15, -0.1) is 24.0 Å². The number of ether oxygens (including phenoxy) is 3. The molecule has 1 saturated heterocycles. The zero-order chi connectivity index (χ0) is 19.9. The molecule has 162 valence electrons. The van der Waals surface area contributed by atoms with Crippen LogP contribution >= 0.6 is 24.0 Å². The van der Waals surface area contributed by atoms with Gasteiger partial charge in [0.1, 0.15) is 5.82 Å². The quantitative estimate of drug-likeness (QED) is 0.341. The zero-order valence-electron chi connectivity index (χ0n) is 17.1. The Morgan fingerprint density at radius 1 is 1.13 bits per heavy atom. The highest BCUT2D eigenvalue weighted by atomic mass is 127. The number of aliphatic imine (C=N–C) groups is 1. The van der Waals surface area contributed by atoms with Gasteiger partial charge in [-0.05, 0) is 30.7 Å². The number of rotatable bonds is 6. The third-order valence-electron chi connectivity index (χ3n) is 4.83. The van der Waals surface area contributed by atoms with Gasteiger partial charge < -0.3 is 29.7 Å². The van der Waals surface area contributed by atoms with E-state index in [4.69, 9.17) is 19.2 Å². The number of pyridine rings is 1. The van der Waals surface area contributed by atoms with Gasteiger partial charge in [0, 0.05) is 37.9 Å². The Labute approximate surface area is 194 Å². The minimum Gasteiger partial charge on any atom is -0.454 e. The molecule has 2 aliphatic rings. The smallest absolute Gasteiger partial charge is 0.231 e. The molecular weight excluding hydrogens is 497 g/mol. The average molecular weight is 525 g/mol. The minimum atomic E-state index is 0. The molecule has 0 bridgehead atoms. The van der Waals surface area contributed by atoms with Gasteiger partial charge in [0.25, 0.3) is 0 Å². The fourth-order valence-corrected chi connectivity index (χ4v) is 3.36. The van der Waals surface area contributed by atoms with Crippen molar-refractivity contribution in [2.75, 3.05) is 44.5 Å². The van der Waals surface area contributed by atoms with E-state index in [1.807, 2.05) is 30.5 Å². The number of nitrogens with zero attached hydrogens (tertiary/aromatic N) is 3. The molecular formula is C21H28IN5O3. The van der Waals surface area contributed by atoms with Gasteiger partial charge in [0.05, 0.1) is 19.8 Å². The minimum absolute atomic E-state index is 0. The number of aromatic nitrogens is 1. The average Bonchev–Trinajstić information content (AvgIpc) is 3.24. The van der Waals surface area contributed by atoms with Crippen LogP contribution in [0.5, 0.6) is 11.5 Å². The highest BCUT2D eigenvalue weighted by Gasteiger charge is 2.16. The van der Waals surface area contributed by atoms with E-state index in [-0.39, 0.29) is 30.8 Å². The summed E-state index contributed by atoms with van der Waals surface area (Å²) in [4.78, 5) is 11.6. The van der Waals surface area contributed by atoms with E-state index in [2.05, 4.69) is 33.5 Å². The maximum atomic E-state index is 5.46. The summed E-state index contributed by atoms with van der Waals surface area (Å²) in [5, 5.41) is 6.73. The molecule has 2 aliphatic heterocycles. The molecule has 0 unspecified atom stereocenters. The summed E-state index contributed by atoms with van der Waals surface area (Å²) in [5.41, 5.74) is 2.21. The molecule has 0 amide bonds. The van der Waals surface area contributed by atoms with Gasteiger partial charge in [0.15, 0.2) is 17.5 Å². The lowest BCUT2D eigenvalue weighted by Gasteiger charge is -2.29. The lowest BCUT2D eigenvalue weighted by atomic mass is 10.2. The number of nitrogens with one attached hydrogen (secondary N) is 2. The Morgan fingerprint density at radius 3 is 2.80 bits per heavy atom. The topological polar surface area (TPSA) is 80.2 Å². The van der Waals surface area contributed by atoms with Crippen molar-refractivity contribution in [2.45, 2.75) is 20.0 Å². The molecule has 2 N–H and O–H groups in total. The first-order valence-corrected chi connectivity index (χ1v) is 10.0. The number of morpholine rings is 1. The number of hydrogen-bond acceptors (Lipinski definition) is 6. The van der Waals surface area contributed by atoms with Crippen LogP contribution in [-0.4, -0.2) is 50.6 Å². The molecule has 0 saturated carbocycles. The summed E-state index contributed by atoms with van der Waals surface area (Å²) in [6, 6.07) is 9.99. The van der Waals surface area contributed by atoms with Crippen molar-refractivity contribution in [1.29, 1.82) is 0 Å². The molecule has 8 nitrogen and oxygen atoms in total. The van der Waals surface area contributed by atoms with Crippen LogP contribution in [0.2, 0.25) is 0 Å².